The van der Waals surface area contributed by atoms with Crippen LogP contribution in [-0.4, -0.2) is 53.7 Å². The number of nitrogens with zero attached hydrogens (tertiary/aromatic N) is 2. The molecule has 0 bridgehead atoms. The molecule has 2 aromatic rings. The number of pyridine rings is 1. The molecule has 0 aliphatic carbocycles. The smallest absolute Gasteiger partial charge is 0.410 e. The van der Waals surface area contributed by atoms with Gasteiger partial charge >= 0.3 is 6.09 Å². The lowest BCUT2D eigenvalue weighted by Crippen LogP contribution is -2.42. The summed E-state index contributed by atoms with van der Waals surface area (Å²) in [4.78, 5) is 30.3. The number of benzene rings is 1. The van der Waals surface area contributed by atoms with E-state index in [9.17, 15) is 9.59 Å². The molecular weight excluding hydrogens is 406 g/mol. The van der Waals surface area contributed by atoms with E-state index in [1.54, 1.807) is 23.2 Å². The van der Waals surface area contributed by atoms with Gasteiger partial charge in [0.15, 0.2) is 0 Å². The van der Waals surface area contributed by atoms with Crippen LogP contribution in [0.2, 0.25) is 0 Å². The van der Waals surface area contributed by atoms with E-state index in [-0.39, 0.29) is 12.0 Å². The number of hydrogen-bond acceptors (Lipinski definition) is 5. The molecule has 7 nitrogen and oxygen atoms in total. The van der Waals surface area contributed by atoms with E-state index in [0.29, 0.717) is 37.7 Å². The van der Waals surface area contributed by atoms with Gasteiger partial charge in [-0.15, -0.1) is 0 Å². The van der Waals surface area contributed by atoms with Crippen molar-refractivity contribution in [2.24, 2.45) is 5.92 Å². The van der Waals surface area contributed by atoms with E-state index in [0.717, 1.165) is 29.8 Å². The molecule has 0 atom stereocenters. The van der Waals surface area contributed by atoms with Crippen LogP contribution >= 0.6 is 0 Å². The fourth-order valence-corrected chi connectivity index (χ4v) is 3.51. The highest BCUT2D eigenvalue weighted by Gasteiger charge is 2.27. The first-order valence-corrected chi connectivity index (χ1v) is 11.2. The number of nitrogens with one attached hydrogen (secondary N) is 1. The zero-order chi connectivity index (χ0) is 23.1. The van der Waals surface area contributed by atoms with Gasteiger partial charge in [0.25, 0.3) is 5.91 Å². The fourth-order valence-electron chi connectivity index (χ4n) is 3.51. The van der Waals surface area contributed by atoms with Crippen LogP contribution in [0.1, 0.15) is 50.9 Å². The first kappa shape index (κ1) is 23.6. The number of likely N-dealkylation sites (tertiary alicyclic amines) is 1. The van der Waals surface area contributed by atoms with Crippen LogP contribution in [0.4, 0.5) is 4.79 Å². The maximum atomic E-state index is 12.2. The summed E-state index contributed by atoms with van der Waals surface area (Å²) in [5.41, 5.74) is 1.93. The second kappa shape index (κ2) is 10.5. The average Bonchev–Trinajstić information content (AvgIpc) is 2.77. The van der Waals surface area contributed by atoms with Crippen LogP contribution in [0.3, 0.4) is 0 Å². The van der Waals surface area contributed by atoms with Crippen molar-refractivity contribution in [1.29, 1.82) is 0 Å². The van der Waals surface area contributed by atoms with E-state index < -0.39 is 5.60 Å². The molecule has 3 rings (SSSR count). The second-order valence-electron chi connectivity index (χ2n) is 9.04. The molecule has 1 aromatic heterocycles. The van der Waals surface area contributed by atoms with Crippen LogP contribution in [0, 0.1) is 5.92 Å². The van der Waals surface area contributed by atoms with Crippen molar-refractivity contribution in [2.45, 2.75) is 46.1 Å². The Balaban J connectivity index is 1.46. The summed E-state index contributed by atoms with van der Waals surface area (Å²) in [7, 11) is 0. The zero-order valence-corrected chi connectivity index (χ0v) is 19.4. The Morgan fingerprint density at radius 2 is 1.78 bits per heavy atom. The summed E-state index contributed by atoms with van der Waals surface area (Å²) in [5.74, 6) is 1.05. The van der Waals surface area contributed by atoms with E-state index >= 15 is 0 Å². The normalized spacial score (nSPS) is 14.7. The Kier molecular flexibility index (Phi) is 7.72. The van der Waals surface area contributed by atoms with Gasteiger partial charge in [-0.2, -0.15) is 0 Å². The molecule has 0 saturated carbocycles. The molecule has 1 fully saturated rings. The predicted octanol–water partition coefficient (Wildman–Crippen LogP) is 4.52. The molecule has 0 radical (unpaired) electrons. The molecule has 32 heavy (non-hydrogen) atoms. The maximum Gasteiger partial charge on any atom is 0.410 e. The molecule has 2 heterocycles. The second-order valence-corrected chi connectivity index (χ2v) is 9.04. The topological polar surface area (TPSA) is 80.8 Å². The molecule has 7 heteroatoms. The van der Waals surface area contributed by atoms with Gasteiger partial charge in [-0.05, 0) is 70.7 Å². The molecule has 1 N–H and O–H groups in total. The van der Waals surface area contributed by atoms with Gasteiger partial charge in [-0.3, -0.25) is 9.78 Å². The Morgan fingerprint density at radius 3 is 2.34 bits per heavy atom. The van der Waals surface area contributed by atoms with Gasteiger partial charge in [0.05, 0.1) is 18.5 Å². The van der Waals surface area contributed by atoms with Crippen LogP contribution in [0.15, 0.2) is 42.6 Å². The van der Waals surface area contributed by atoms with Gasteiger partial charge < -0.3 is 19.7 Å². The average molecular weight is 440 g/mol. The summed E-state index contributed by atoms with van der Waals surface area (Å²) in [6.45, 7) is 10.1. The first-order valence-electron chi connectivity index (χ1n) is 11.2. The van der Waals surface area contributed by atoms with Crippen LogP contribution in [-0.2, 0) is 4.74 Å². The molecule has 1 aromatic carbocycles. The molecule has 1 aliphatic rings. The third-order valence-corrected chi connectivity index (χ3v) is 5.27. The van der Waals surface area contributed by atoms with Crippen molar-refractivity contribution >= 4 is 12.0 Å². The number of hydrogen-bond donors (Lipinski definition) is 1. The van der Waals surface area contributed by atoms with Gasteiger partial charge in [-0.25, -0.2) is 4.79 Å². The van der Waals surface area contributed by atoms with Crippen LogP contribution < -0.4 is 10.1 Å². The molecule has 172 valence electrons. The van der Waals surface area contributed by atoms with Crippen molar-refractivity contribution in [3.05, 3.63) is 48.2 Å². The molecule has 1 aliphatic heterocycles. The summed E-state index contributed by atoms with van der Waals surface area (Å²) >= 11 is 0. The molecule has 0 unspecified atom stereocenters. The molecule has 2 amide bonds. The van der Waals surface area contributed by atoms with Crippen molar-refractivity contribution < 1.29 is 19.1 Å². The highest BCUT2D eigenvalue weighted by atomic mass is 16.6. The van der Waals surface area contributed by atoms with Gasteiger partial charge in [-0.1, -0.05) is 12.1 Å². The lowest BCUT2D eigenvalue weighted by molar-refractivity contribution is 0.0165. The maximum absolute atomic E-state index is 12.2. The minimum absolute atomic E-state index is 0.0762. The number of carbonyl (C=O) groups is 2. The van der Waals surface area contributed by atoms with Crippen molar-refractivity contribution in [3.63, 3.8) is 0 Å². The predicted molar refractivity (Wildman–Crippen MR) is 124 cm³/mol. The number of aromatic nitrogens is 1. The molecular formula is C25H33N3O4. The summed E-state index contributed by atoms with van der Waals surface area (Å²) in [5, 5.41) is 2.79. The number of rotatable bonds is 6. The van der Waals surface area contributed by atoms with Crippen LogP contribution in [0.5, 0.6) is 5.75 Å². The van der Waals surface area contributed by atoms with Gasteiger partial charge in [0.2, 0.25) is 0 Å². The van der Waals surface area contributed by atoms with Crippen LogP contribution in [0.25, 0.3) is 11.3 Å². The van der Waals surface area contributed by atoms with Crippen molar-refractivity contribution in [3.8, 4) is 17.0 Å². The Bertz CT molecular complexity index is 896. The van der Waals surface area contributed by atoms with E-state index in [1.807, 2.05) is 52.0 Å². The van der Waals surface area contributed by atoms with Crippen molar-refractivity contribution in [1.82, 2.24) is 15.2 Å². The summed E-state index contributed by atoms with van der Waals surface area (Å²) in [6, 6.07) is 11.2. The van der Waals surface area contributed by atoms with Crippen molar-refractivity contribution in [2.75, 3.05) is 26.2 Å². The van der Waals surface area contributed by atoms with E-state index in [1.165, 1.54) is 0 Å². The van der Waals surface area contributed by atoms with E-state index in [4.69, 9.17) is 9.47 Å². The standard InChI is InChI=1S/C25H33N3O4/c1-5-26-23(29)20-8-6-19(7-9-20)22-11-10-21(16-27-22)31-17-18-12-14-28(15-13-18)24(30)32-25(2,3)4/h6-11,16,18H,5,12-15,17H2,1-4H3,(H,26,29). The van der Waals surface area contributed by atoms with E-state index in [2.05, 4.69) is 10.3 Å². The number of ether oxygens (including phenoxy) is 2. The third-order valence-electron chi connectivity index (χ3n) is 5.27. The number of amides is 2. The molecule has 1 saturated heterocycles. The monoisotopic (exact) mass is 439 g/mol. The number of carbonyl (C=O) groups excluding carboxylic acids is 2. The Hall–Kier alpha value is -3.09. The van der Waals surface area contributed by atoms with Gasteiger partial charge in [0, 0.05) is 30.8 Å². The summed E-state index contributed by atoms with van der Waals surface area (Å²) in [6.07, 6.45) is 3.27. The minimum atomic E-state index is -0.470. The first-order chi connectivity index (χ1) is 15.2. The minimum Gasteiger partial charge on any atom is -0.492 e. The lowest BCUT2D eigenvalue weighted by Gasteiger charge is -2.33. The molecule has 0 spiro atoms. The summed E-state index contributed by atoms with van der Waals surface area (Å²) < 4.78 is 11.4. The lowest BCUT2D eigenvalue weighted by atomic mass is 9.98. The Labute approximate surface area is 190 Å². The largest absolute Gasteiger partial charge is 0.492 e. The quantitative estimate of drug-likeness (QED) is 0.716. The highest BCUT2D eigenvalue weighted by molar-refractivity contribution is 5.94. The third kappa shape index (κ3) is 6.70. The highest BCUT2D eigenvalue weighted by Crippen LogP contribution is 2.23. The van der Waals surface area contributed by atoms with Gasteiger partial charge in [0.1, 0.15) is 11.4 Å². The number of piperidine rings is 1. The zero-order valence-electron chi connectivity index (χ0n) is 19.4. The Morgan fingerprint density at radius 1 is 1.09 bits per heavy atom. The fraction of sp³-hybridized carbons (Fsp3) is 0.480. The SMILES string of the molecule is CCNC(=O)c1ccc(-c2ccc(OCC3CCN(C(=O)OC(C)(C)C)CC3)cn2)cc1.